The van der Waals surface area contributed by atoms with E-state index in [0.717, 1.165) is 49.3 Å². The Bertz CT molecular complexity index is 751. The fourth-order valence-corrected chi connectivity index (χ4v) is 3.82. The van der Waals surface area contributed by atoms with Crippen LogP contribution < -0.4 is 4.90 Å². The first kappa shape index (κ1) is 15.4. The summed E-state index contributed by atoms with van der Waals surface area (Å²) in [5.74, 6) is 0.0508. The highest BCUT2D eigenvalue weighted by atomic mass is 35.5. The van der Waals surface area contributed by atoms with Crippen LogP contribution in [0.3, 0.4) is 0 Å². The molecule has 1 saturated heterocycles. The van der Waals surface area contributed by atoms with Gasteiger partial charge in [0, 0.05) is 49.8 Å². The number of fused-ring (bicyclic) bond motifs is 1. The molecule has 0 atom stereocenters. The third-order valence-electron chi connectivity index (χ3n) is 4.92. The van der Waals surface area contributed by atoms with Crippen LogP contribution in [-0.4, -0.2) is 52.2 Å². The van der Waals surface area contributed by atoms with E-state index in [9.17, 15) is 4.79 Å². The van der Waals surface area contributed by atoms with Gasteiger partial charge in [-0.2, -0.15) is 5.10 Å². The van der Waals surface area contributed by atoms with E-state index in [1.54, 1.807) is 12.4 Å². The fourth-order valence-electron chi connectivity index (χ4n) is 3.58. The number of carbonyl (C=O) groups is 1. The van der Waals surface area contributed by atoms with Crippen molar-refractivity contribution in [1.29, 1.82) is 0 Å². The van der Waals surface area contributed by atoms with E-state index < -0.39 is 0 Å². The molecule has 2 aromatic rings. The SMILES string of the molecule is O=C(c1n[nH]c2c1CCCC2)N1CCN(c2ccncc2Cl)CC1. The van der Waals surface area contributed by atoms with Crippen molar-refractivity contribution in [2.75, 3.05) is 31.1 Å². The first-order chi connectivity index (χ1) is 11.7. The van der Waals surface area contributed by atoms with Crippen LogP contribution in [0.15, 0.2) is 18.5 Å². The molecule has 1 aliphatic heterocycles. The number of rotatable bonds is 2. The van der Waals surface area contributed by atoms with Gasteiger partial charge in [0.05, 0.1) is 10.7 Å². The van der Waals surface area contributed by atoms with E-state index in [4.69, 9.17) is 11.6 Å². The summed E-state index contributed by atoms with van der Waals surface area (Å²) in [5, 5.41) is 8.01. The van der Waals surface area contributed by atoms with Gasteiger partial charge in [-0.15, -0.1) is 0 Å². The number of H-pyrrole nitrogens is 1. The molecule has 1 fully saturated rings. The molecule has 126 valence electrons. The fraction of sp³-hybridized carbons (Fsp3) is 0.471. The average Bonchev–Trinajstić information content (AvgIpc) is 3.06. The molecule has 0 aromatic carbocycles. The van der Waals surface area contributed by atoms with Crippen molar-refractivity contribution in [3.05, 3.63) is 40.4 Å². The molecule has 24 heavy (non-hydrogen) atoms. The van der Waals surface area contributed by atoms with Crippen molar-refractivity contribution in [2.24, 2.45) is 0 Å². The van der Waals surface area contributed by atoms with Gasteiger partial charge in [0.15, 0.2) is 5.69 Å². The van der Waals surface area contributed by atoms with Crippen molar-refractivity contribution in [3.63, 3.8) is 0 Å². The molecule has 0 radical (unpaired) electrons. The molecule has 7 heteroatoms. The average molecular weight is 346 g/mol. The molecular formula is C17H20ClN5O. The van der Waals surface area contributed by atoms with Crippen LogP contribution in [0.25, 0.3) is 0 Å². The molecule has 2 aliphatic rings. The molecule has 0 spiro atoms. The summed E-state index contributed by atoms with van der Waals surface area (Å²) < 4.78 is 0. The smallest absolute Gasteiger partial charge is 0.274 e. The van der Waals surface area contributed by atoms with Crippen molar-refractivity contribution in [1.82, 2.24) is 20.1 Å². The minimum Gasteiger partial charge on any atom is -0.367 e. The number of nitrogens with one attached hydrogen (secondary N) is 1. The Hall–Kier alpha value is -2.08. The predicted octanol–water partition coefficient (Wildman–Crippen LogP) is 2.30. The first-order valence-electron chi connectivity index (χ1n) is 8.44. The van der Waals surface area contributed by atoms with E-state index in [1.807, 2.05) is 11.0 Å². The number of aromatic nitrogens is 3. The number of carbonyl (C=O) groups excluding carboxylic acids is 1. The second kappa shape index (κ2) is 6.43. The van der Waals surface area contributed by atoms with Crippen molar-refractivity contribution in [2.45, 2.75) is 25.7 Å². The second-order valence-corrected chi connectivity index (χ2v) is 6.75. The Morgan fingerprint density at radius 3 is 2.75 bits per heavy atom. The van der Waals surface area contributed by atoms with E-state index in [2.05, 4.69) is 20.1 Å². The van der Waals surface area contributed by atoms with E-state index in [0.29, 0.717) is 23.8 Å². The number of halogens is 1. The van der Waals surface area contributed by atoms with Gasteiger partial charge in [0.25, 0.3) is 5.91 Å². The molecule has 0 saturated carbocycles. The van der Waals surface area contributed by atoms with Crippen LogP contribution in [0.1, 0.15) is 34.6 Å². The monoisotopic (exact) mass is 345 g/mol. The number of aryl methyl sites for hydroxylation is 1. The van der Waals surface area contributed by atoms with Gasteiger partial charge in [0.1, 0.15) is 0 Å². The Labute approximate surface area is 145 Å². The van der Waals surface area contributed by atoms with Crippen LogP contribution in [-0.2, 0) is 12.8 Å². The van der Waals surface area contributed by atoms with Crippen molar-refractivity contribution >= 4 is 23.2 Å². The molecular weight excluding hydrogens is 326 g/mol. The lowest BCUT2D eigenvalue weighted by molar-refractivity contribution is 0.0739. The molecule has 1 N–H and O–H groups in total. The summed E-state index contributed by atoms with van der Waals surface area (Å²) in [4.78, 5) is 21.0. The predicted molar refractivity (Wildman–Crippen MR) is 92.6 cm³/mol. The maximum atomic E-state index is 12.8. The minimum atomic E-state index is 0.0508. The number of aromatic amines is 1. The zero-order valence-electron chi connectivity index (χ0n) is 13.5. The number of pyridine rings is 1. The number of amides is 1. The first-order valence-corrected chi connectivity index (χ1v) is 8.81. The lowest BCUT2D eigenvalue weighted by atomic mass is 9.95. The molecule has 0 unspecified atom stereocenters. The summed E-state index contributed by atoms with van der Waals surface area (Å²) >= 11 is 6.22. The maximum absolute atomic E-state index is 12.8. The van der Waals surface area contributed by atoms with Gasteiger partial charge in [-0.25, -0.2) is 0 Å². The van der Waals surface area contributed by atoms with Crippen LogP contribution in [0.4, 0.5) is 5.69 Å². The van der Waals surface area contributed by atoms with Gasteiger partial charge in [0.2, 0.25) is 0 Å². The molecule has 2 aromatic heterocycles. The largest absolute Gasteiger partial charge is 0.367 e. The highest BCUT2D eigenvalue weighted by molar-refractivity contribution is 6.33. The summed E-state index contributed by atoms with van der Waals surface area (Å²) in [6.45, 7) is 2.89. The summed E-state index contributed by atoms with van der Waals surface area (Å²) in [7, 11) is 0. The molecule has 6 nitrogen and oxygen atoms in total. The van der Waals surface area contributed by atoms with Gasteiger partial charge in [-0.05, 0) is 31.7 Å². The van der Waals surface area contributed by atoms with Crippen LogP contribution in [0, 0.1) is 0 Å². The van der Waals surface area contributed by atoms with Crippen molar-refractivity contribution in [3.8, 4) is 0 Å². The van der Waals surface area contributed by atoms with E-state index in [-0.39, 0.29) is 5.91 Å². The zero-order valence-corrected chi connectivity index (χ0v) is 14.2. The van der Waals surface area contributed by atoms with Crippen LogP contribution >= 0.6 is 11.6 Å². The van der Waals surface area contributed by atoms with Gasteiger partial charge < -0.3 is 9.80 Å². The topological polar surface area (TPSA) is 65.1 Å². The Morgan fingerprint density at radius 2 is 1.96 bits per heavy atom. The molecule has 3 heterocycles. The number of piperazine rings is 1. The van der Waals surface area contributed by atoms with Crippen LogP contribution in [0.5, 0.6) is 0 Å². The van der Waals surface area contributed by atoms with E-state index in [1.165, 1.54) is 6.42 Å². The lowest BCUT2D eigenvalue weighted by Gasteiger charge is -2.36. The second-order valence-electron chi connectivity index (χ2n) is 6.34. The number of anilines is 1. The summed E-state index contributed by atoms with van der Waals surface area (Å²) in [6.07, 6.45) is 7.68. The van der Waals surface area contributed by atoms with Crippen LogP contribution in [0.2, 0.25) is 5.02 Å². The highest BCUT2D eigenvalue weighted by Crippen LogP contribution is 2.26. The quantitative estimate of drug-likeness (QED) is 0.907. The molecule has 1 aliphatic carbocycles. The number of hydrogen-bond acceptors (Lipinski definition) is 4. The van der Waals surface area contributed by atoms with E-state index >= 15 is 0 Å². The maximum Gasteiger partial charge on any atom is 0.274 e. The third kappa shape index (κ3) is 2.75. The van der Waals surface area contributed by atoms with Gasteiger partial charge >= 0.3 is 0 Å². The summed E-state index contributed by atoms with van der Waals surface area (Å²) in [6, 6.07) is 1.92. The normalized spacial score (nSPS) is 17.7. The Kier molecular flexibility index (Phi) is 4.14. The molecule has 1 amide bonds. The third-order valence-corrected chi connectivity index (χ3v) is 5.21. The lowest BCUT2D eigenvalue weighted by Crippen LogP contribution is -2.49. The van der Waals surface area contributed by atoms with Gasteiger partial charge in [-0.1, -0.05) is 11.6 Å². The zero-order chi connectivity index (χ0) is 16.5. The Morgan fingerprint density at radius 1 is 1.17 bits per heavy atom. The van der Waals surface area contributed by atoms with Crippen molar-refractivity contribution < 1.29 is 4.79 Å². The van der Waals surface area contributed by atoms with Gasteiger partial charge in [-0.3, -0.25) is 14.9 Å². The Balaban J connectivity index is 1.45. The number of nitrogens with zero attached hydrogens (tertiary/aromatic N) is 4. The molecule has 0 bridgehead atoms. The standard InChI is InChI=1S/C17H20ClN5O/c18-13-11-19-6-5-15(13)22-7-9-23(10-8-22)17(24)16-12-3-1-2-4-14(12)20-21-16/h5-6,11H,1-4,7-10H2,(H,20,21). The highest BCUT2D eigenvalue weighted by Gasteiger charge is 2.28. The number of hydrogen-bond donors (Lipinski definition) is 1. The summed E-state index contributed by atoms with van der Waals surface area (Å²) in [5.41, 5.74) is 3.88. The minimum absolute atomic E-state index is 0.0508. The molecule has 4 rings (SSSR count).